The summed E-state index contributed by atoms with van der Waals surface area (Å²) in [5.74, 6) is 12.6. The number of ether oxygens (including phenoxy) is 4. The van der Waals surface area contributed by atoms with Gasteiger partial charge >= 0.3 is 0 Å². The topological polar surface area (TPSA) is 84.5 Å². The number of hydrogen-bond acceptors (Lipinski definition) is 6. The summed E-state index contributed by atoms with van der Waals surface area (Å²) in [6, 6.07) is 14.1. The van der Waals surface area contributed by atoms with Crippen LogP contribution < -0.4 is 18.9 Å². The van der Waals surface area contributed by atoms with E-state index in [0.29, 0.717) is 45.3 Å². The van der Waals surface area contributed by atoms with Crippen LogP contribution in [0.3, 0.4) is 0 Å². The van der Waals surface area contributed by atoms with E-state index in [0.717, 1.165) is 0 Å². The van der Waals surface area contributed by atoms with Crippen molar-refractivity contribution in [3.63, 3.8) is 0 Å². The molecule has 0 aliphatic heterocycles. The summed E-state index contributed by atoms with van der Waals surface area (Å²) < 4.78 is 21.3. The Balaban J connectivity index is 2.87. The molecule has 0 bridgehead atoms. The Hall–Kier alpha value is -4.52. The number of rotatable bonds is 6. The third-order valence-electron chi connectivity index (χ3n) is 4.08. The molecule has 0 radical (unpaired) electrons. The number of hydrogen-bond donors (Lipinski definition) is 0. The number of benzene rings is 2. The molecule has 6 heteroatoms. The first-order valence-corrected chi connectivity index (χ1v) is 8.62. The third kappa shape index (κ3) is 4.85. The fourth-order valence-electron chi connectivity index (χ4n) is 2.72. The van der Waals surface area contributed by atoms with Gasteiger partial charge in [-0.1, -0.05) is 0 Å². The Morgan fingerprint density at radius 1 is 0.600 bits per heavy atom. The zero-order chi connectivity index (χ0) is 21.9. The van der Waals surface area contributed by atoms with Gasteiger partial charge in [-0.15, -0.1) is 0 Å². The van der Waals surface area contributed by atoms with Crippen LogP contribution in [0.15, 0.2) is 36.4 Å². The smallest absolute Gasteiger partial charge is 0.161 e. The lowest BCUT2D eigenvalue weighted by Gasteiger charge is -2.13. The molecule has 148 valence electrons. The molecular weight excluding hydrogens is 380 g/mol. The average molecular weight is 398 g/mol. The molecular formula is C24H18N2O4. The Labute approximate surface area is 175 Å². The van der Waals surface area contributed by atoms with Gasteiger partial charge < -0.3 is 18.9 Å². The molecule has 0 aliphatic rings. The van der Waals surface area contributed by atoms with E-state index < -0.39 is 0 Å². The second-order valence-electron chi connectivity index (χ2n) is 5.61. The van der Waals surface area contributed by atoms with Crippen molar-refractivity contribution in [2.75, 3.05) is 28.4 Å². The lowest BCUT2D eigenvalue weighted by Crippen LogP contribution is -1.96. The predicted molar refractivity (Wildman–Crippen MR) is 113 cm³/mol. The maximum absolute atomic E-state index is 9.01. The number of nitriles is 2. The highest BCUT2D eigenvalue weighted by molar-refractivity contribution is 6.05. The highest BCUT2D eigenvalue weighted by atomic mass is 16.5. The van der Waals surface area contributed by atoms with Gasteiger partial charge in [0, 0.05) is 23.0 Å². The van der Waals surface area contributed by atoms with Crippen LogP contribution in [0.2, 0.25) is 0 Å². The minimum absolute atomic E-state index is 0.451. The maximum Gasteiger partial charge on any atom is 0.161 e. The van der Waals surface area contributed by atoms with E-state index in [1.54, 1.807) is 36.4 Å². The van der Waals surface area contributed by atoms with E-state index in [-0.39, 0.29) is 0 Å². The maximum atomic E-state index is 9.01. The predicted octanol–water partition coefficient (Wildman–Crippen LogP) is 3.69. The summed E-state index contributed by atoms with van der Waals surface area (Å²) in [5, 5.41) is 18.0. The van der Waals surface area contributed by atoms with Crippen LogP contribution in [-0.2, 0) is 0 Å². The third-order valence-corrected chi connectivity index (χ3v) is 4.08. The Kier molecular flexibility index (Phi) is 7.78. The van der Waals surface area contributed by atoms with E-state index in [2.05, 4.69) is 23.7 Å². The summed E-state index contributed by atoms with van der Waals surface area (Å²) in [4.78, 5) is 0. The average Bonchev–Trinajstić information content (AvgIpc) is 2.80. The Bertz CT molecular complexity index is 1080. The van der Waals surface area contributed by atoms with Crippen LogP contribution in [0.1, 0.15) is 11.1 Å². The standard InChI is InChI=1S/C24H18N2O4/c1-27-21-11-9-17(15-23(21)29-3)19(7-5-13-25)20(8-6-14-26)18-10-12-22(28-2)24(16-18)30-4/h9-12,15-16H,1-4H3/b20-19+. The van der Waals surface area contributed by atoms with Gasteiger partial charge in [-0.25, -0.2) is 0 Å². The molecule has 6 nitrogen and oxygen atoms in total. The van der Waals surface area contributed by atoms with E-state index in [9.17, 15) is 0 Å². The molecule has 0 amide bonds. The van der Waals surface area contributed by atoms with Crippen molar-refractivity contribution >= 4 is 11.1 Å². The quantitative estimate of drug-likeness (QED) is 0.545. The second kappa shape index (κ2) is 10.7. The zero-order valence-corrected chi connectivity index (χ0v) is 17.0. The van der Waals surface area contributed by atoms with Gasteiger partial charge in [-0.2, -0.15) is 10.5 Å². The van der Waals surface area contributed by atoms with Gasteiger partial charge in [0.2, 0.25) is 0 Å². The fraction of sp³-hybridized carbons (Fsp3) is 0.167. The summed E-state index contributed by atoms with van der Waals surface area (Å²) in [6.07, 6.45) is 0. The monoisotopic (exact) mass is 398 g/mol. The van der Waals surface area contributed by atoms with E-state index in [1.807, 2.05) is 12.1 Å². The molecule has 30 heavy (non-hydrogen) atoms. The molecule has 0 saturated heterocycles. The van der Waals surface area contributed by atoms with Crippen molar-refractivity contribution in [1.82, 2.24) is 0 Å². The van der Waals surface area contributed by atoms with Gasteiger partial charge in [0.1, 0.15) is 0 Å². The molecule has 0 aromatic heterocycles. The van der Waals surface area contributed by atoms with Gasteiger partial charge in [-0.3, -0.25) is 0 Å². The van der Waals surface area contributed by atoms with Crippen LogP contribution >= 0.6 is 0 Å². The van der Waals surface area contributed by atoms with Crippen molar-refractivity contribution in [1.29, 1.82) is 10.5 Å². The second-order valence-corrected chi connectivity index (χ2v) is 5.61. The van der Waals surface area contributed by atoms with Crippen molar-refractivity contribution in [3.8, 4) is 58.8 Å². The molecule has 0 aliphatic carbocycles. The zero-order valence-electron chi connectivity index (χ0n) is 17.0. The number of nitrogens with zero attached hydrogens (tertiary/aromatic N) is 2. The molecule has 2 aromatic rings. The molecule has 0 saturated carbocycles. The van der Waals surface area contributed by atoms with Gasteiger partial charge in [0.05, 0.1) is 28.4 Å². The number of allylic oxidation sites excluding steroid dienone is 2. The first-order chi connectivity index (χ1) is 14.6. The van der Waals surface area contributed by atoms with Crippen LogP contribution in [0.4, 0.5) is 0 Å². The number of methoxy groups -OCH3 is 4. The summed E-state index contributed by atoms with van der Waals surface area (Å²) in [7, 11) is 6.13. The Morgan fingerprint density at radius 2 is 0.967 bits per heavy atom. The Morgan fingerprint density at radius 3 is 1.27 bits per heavy atom. The van der Waals surface area contributed by atoms with Crippen molar-refractivity contribution in [2.45, 2.75) is 0 Å². The highest BCUT2D eigenvalue weighted by Crippen LogP contribution is 2.36. The molecule has 0 atom stereocenters. The van der Waals surface area contributed by atoms with Crippen LogP contribution in [-0.4, -0.2) is 28.4 Å². The van der Waals surface area contributed by atoms with E-state index in [1.165, 1.54) is 28.4 Å². The summed E-state index contributed by atoms with van der Waals surface area (Å²) >= 11 is 0. The molecule has 2 rings (SSSR count). The lowest BCUT2D eigenvalue weighted by molar-refractivity contribution is 0.355. The lowest BCUT2D eigenvalue weighted by atomic mass is 9.94. The minimum atomic E-state index is 0.451. The molecule has 0 N–H and O–H groups in total. The van der Waals surface area contributed by atoms with E-state index in [4.69, 9.17) is 29.5 Å². The molecule has 0 spiro atoms. The highest BCUT2D eigenvalue weighted by Gasteiger charge is 2.14. The first-order valence-electron chi connectivity index (χ1n) is 8.62. The first kappa shape index (κ1) is 21.8. The van der Waals surface area contributed by atoms with Gasteiger partial charge in [-0.05, 0) is 59.4 Å². The van der Waals surface area contributed by atoms with Crippen LogP contribution in [0.5, 0.6) is 23.0 Å². The fourth-order valence-corrected chi connectivity index (χ4v) is 2.72. The normalized spacial score (nSPS) is 9.93. The largest absolute Gasteiger partial charge is 0.493 e. The SMILES string of the molecule is COc1ccc(/C(C#CC#N)=C(\C#CC#N)c2ccc(OC)c(OC)c2)cc1OC. The molecule has 2 aromatic carbocycles. The summed E-state index contributed by atoms with van der Waals surface area (Å²) in [5.41, 5.74) is 2.19. The van der Waals surface area contributed by atoms with Gasteiger partial charge in [0.15, 0.2) is 35.1 Å². The van der Waals surface area contributed by atoms with Crippen molar-refractivity contribution in [2.24, 2.45) is 0 Å². The van der Waals surface area contributed by atoms with Crippen LogP contribution in [0.25, 0.3) is 11.1 Å². The van der Waals surface area contributed by atoms with Crippen molar-refractivity contribution in [3.05, 3.63) is 47.5 Å². The van der Waals surface area contributed by atoms with Crippen LogP contribution in [0, 0.1) is 46.3 Å². The summed E-state index contributed by atoms with van der Waals surface area (Å²) in [6.45, 7) is 0. The van der Waals surface area contributed by atoms with Gasteiger partial charge in [0.25, 0.3) is 0 Å². The minimum Gasteiger partial charge on any atom is -0.493 e. The molecule has 0 unspecified atom stereocenters. The molecule has 0 fully saturated rings. The molecule has 0 heterocycles. The van der Waals surface area contributed by atoms with Crippen molar-refractivity contribution < 1.29 is 18.9 Å². The van der Waals surface area contributed by atoms with E-state index >= 15 is 0 Å².